The normalized spacial score (nSPS) is 11.7. The lowest BCUT2D eigenvalue weighted by atomic mass is 10.2. The topological polar surface area (TPSA) is 64.6 Å². The van der Waals surface area contributed by atoms with Crippen molar-refractivity contribution < 1.29 is 19.1 Å². The van der Waals surface area contributed by atoms with Crippen LogP contribution >= 0.6 is 11.6 Å². The number of nitrogens with one attached hydrogen (secondary N) is 1. The third kappa shape index (κ3) is 5.77. The second kappa shape index (κ2) is 9.25. The van der Waals surface area contributed by atoms with E-state index in [0.29, 0.717) is 34.5 Å². The SMILES string of the molecule is CC(C)COc1cccc(C(=O)O[C@@H](C)C(=O)Nc2ccccc2Cl)c1. The van der Waals surface area contributed by atoms with Gasteiger partial charge in [-0.1, -0.05) is 43.6 Å². The Morgan fingerprint density at radius 3 is 2.50 bits per heavy atom. The number of anilines is 1. The predicted molar refractivity (Wildman–Crippen MR) is 102 cm³/mol. The lowest BCUT2D eigenvalue weighted by Gasteiger charge is -2.15. The van der Waals surface area contributed by atoms with Gasteiger partial charge in [0.2, 0.25) is 0 Å². The molecule has 0 aliphatic heterocycles. The monoisotopic (exact) mass is 375 g/mol. The molecule has 1 N–H and O–H groups in total. The number of rotatable bonds is 7. The minimum absolute atomic E-state index is 0.323. The van der Waals surface area contributed by atoms with Crippen molar-refractivity contribution in [2.45, 2.75) is 26.9 Å². The highest BCUT2D eigenvalue weighted by molar-refractivity contribution is 6.33. The molecule has 0 heterocycles. The fraction of sp³-hybridized carbons (Fsp3) is 0.300. The van der Waals surface area contributed by atoms with Gasteiger partial charge in [-0.2, -0.15) is 0 Å². The fourth-order valence-electron chi connectivity index (χ4n) is 2.05. The highest BCUT2D eigenvalue weighted by atomic mass is 35.5. The van der Waals surface area contributed by atoms with Crippen molar-refractivity contribution in [2.75, 3.05) is 11.9 Å². The Balaban J connectivity index is 1.97. The molecule has 0 aromatic heterocycles. The summed E-state index contributed by atoms with van der Waals surface area (Å²) in [5, 5.41) is 3.05. The molecule has 0 saturated carbocycles. The summed E-state index contributed by atoms with van der Waals surface area (Å²) in [7, 11) is 0. The summed E-state index contributed by atoms with van der Waals surface area (Å²) in [6, 6.07) is 13.5. The van der Waals surface area contributed by atoms with Gasteiger partial charge in [-0.05, 0) is 43.2 Å². The average Bonchev–Trinajstić information content (AvgIpc) is 2.62. The molecule has 1 amide bonds. The molecule has 1 atom stereocenters. The Morgan fingerprint density at radius 2 is 1.81 bits per heavy atom. The average molecular weight is 376 g/mol. The maximum absolute atomic E-state index is 12.3. The van der Waals surface area contributed by atoms with Crippen LogP contribution in [0.4, 0.5) is 5.69 Å². The summed E-state index contributed by atoms with van der Waals surface area (Å²) in [4.78, 5) is 24.5. The van der Waals surface area contributed by atoms with Crippen LogP contribution in [-0.2, 0) is 9.53 Å². The molecule has 0 fully saturated rings. The largest absolute Gasteiger partial charge is 0.493 e. The van der Waals surface area contributed by atoms with Gasteiger partial charge in [-0.15, -0.1) is 0 Å². The van der Waals surface area contributed by atoms with Crippen molar-refractivity contribution in [1.82, 2.24) is 0 Å². The molecule has 0 saturated heterocycles. The van der Waals surface area contributed by atoms with Gasteiger partial charge in [0.05, 0.1) is 22.9 Å². The van der Waals surface area contributed by atoms with E-state index in [9.17, 15) is 9.59 Å². The van der Waals surface area contributed by atoms with Gasteiger partial charge in [0, 0.05) is 0 Å². The van der Waals surface area contributed by atoms with Gasteiger partial charge in [0.15, 0.2) is 6.10 Å². The second-order valence-electron chi connectivity index (χ2n) is 6.25. The molecule has 138 valence electrons. The molecule has 0 spiro atoms. The van der Waals surface area contributed by atoms with E-state index in [1.807, 2.05) is 13.8 Å². The smallest absolute Gasteiger partial charge is 0.339 e. The maximum atomic E-state index is 12.3. The van der Waals surface area contributed by atoms with Gasteiger partial charge in [-0.3, -0.25) is 4.79 Å². The van der Waals surface area contributed by atoms with Gasteiger partial charge in [-0.25, -0.2) is 4.79 Å². The first kappa shape index (κ1) is 19.8. The van der Waals surface area contributed by atoms with E-state index in [1.165, 1.54) is 6.92 Å². The summed E-state index contributed by atoms with van der Waals surface area (Å²) in [6.45, 7) is 6.13. The minimum Gasteiger partial charge on any atom is -0.493 e. The number of carbonyl (C=O) groups excluding carboxylic acids is 2. The number of esters is 1. The van der Waals surface area contributed by atoms with Crippen LogP contribution in [0.2, 0.25) is 5.02 Å². The summed E-state index contributed by atoms with van der Waals surface area (Å²) in [5.41, 5.74) is 0.787. The van der Waals surface area contributed by atoms with Crippen LogP contribution < -0.4 is 10.1 Å². The number of para-hydroxylation sites is 1. The molecule has 2 rings (SSSR count). The lowest BCUT2D eigenvalue weighted by molar-refractivity contribution is -0.123. The van der Waals surface area contributed by atoms with E-state index in [2.05, 4.69) is 5.32 Å². The van der Waals surface area contributed by atoms with Crippen LogP contribution in [-0.4, -0.2) is 24.6 Å². The zero-order chi connectivity index (χ0) is 19.1. The van der Waals surface area contributed by atoms with E-state index in [0.717, 1.165) is 0 Å². The lowest BCUT2D eigenvalue weighted by Crippen LogP contribution is -2.30. The zero-order valence-corrected chi connectivity index (χ0v) is 15.7. The number of benzene rings is 2. The van der Waals surface area contributed by atoms with Crippen molar-refractivity contribution in [2.24, 2.45) is 5.92 Å². The van der Waals surface area contributed by atoms with Crippen molar-refractivity contribution in [3.8, 4) is 5.75 Å². The van der Waals surface area contributed by atoms with Gasteiger partial charge < -0.3 is 14.8 Å². The van der Waals surface area contributed by atoms with Crippen LogP contribution in [0, 0.1) is 5.92 Å². The Morgan fingerprint density at radius 1 is 1.08 bits per heavy atom. The standard InChI is InChI=1S/C20H22ClNO4/c1-13(2)12-25-16-8-6-7-15(11-16)20(24)26-14(3)19(23)22-18-10-5-4-9-17(18)21/h4-11,13-14H,12H2,1-3H3,(H,22,23)/t14-/m0/s1. The molecule has 5 nitrogen and oxygen atoms in total. The number of amides is 1. The first-order chi connectivity index (χ1) is 12.4. The first-order valence-corrected chi connectivity index (χ1v) is 8.74. The van der Waals surface area contributed by atoms with Crippen molar-refractivity contribution in [3.05, 3.63) is 59.1 Å². The maximum Gasteiger partial charge on any atom is 0.339 e. The molecular formula is C20H22ClNO4. The second-order valence-corrected chi connectivity index (χ2v) is 6.66. The van der Waals surface area contributed by atoms with Crippen LogP contribution in [0.25, 0.3) is 0 Å². The first-order valence-electron chi connectivity index (χ1n) is 8.36. The third-order valence-corrected chi connectivity index (χ3v) is 3.77. The molecule has 0 radical (unpaired) electrons. The van der Waals surface area contributed by atoms with E-state index in [4.69, 9.17) is 21.1 Å². The van der Waals surface area contributed by atoms with Gasteiger partial charge >= 0.3 is 5.97 Å². The fourth-order valence-corrected chi connectivity index (χ4v) is 2.24. The van der Waals surface area contributed by atoms with Crippen LogP contribution in [0.5, 0.6) is 5.75 Å². The number of hydrogen-bond acceptors (Lipinski definition) is 4. The number of ether oxygens (including phenoxy) is 2. The van der Waals surface area contributed by atoms with E-state index in [1.54, 1.807) is 48.5 Å². The predicted octanol–water partition coefficient (Wildman–Crippen LogP) is 4.56. The summed E-state index contributed by atoms with van der Waals surface area (Å²) < 4.78 is 10.8. The minimum atomic E-state index is -0.973. The van der Waals surface area contributed by atoms with Crippen LogP contribution in [0.3, 0.4) is 0 Å². The van der Waals surface area contributed by atoms with E-state index < -0.39 is 18.0 Å². The molecule has 0 aliphatic rings. The molecule has 2 aromatic rings. The van der Waals surface area contributed by atoms with E-state index in [-0.39, 0.29) is 0 Å². The molecule has 6 heteroatoms. The van der Waals surface area contributed by atoms with Crippen molar-refractivity contribution in [3.63, 3.8) is 0 Å². The summed E-state index contributed by atoms with van der Waals surface area (Å²) in [5.74, 6) is -0.0964. The highest BCUT2D eigenvalue weighted by Crippen LogP contribution is 2.21. The molecule has 2 aromatic carbocycles. The number of carbonyl (C=O) groups is 2. The molecule has 0 bridgehead atoms. The summed E-state index contributed by atoms with van der Waals surface area (Å²) >= 11 is 6.01. The Labute approximate surface area is 158 Å². The zero-order valence-electron chi connectivity index (χ0n) is 15.0. The summed E-state index contributed by atoms with van der Waals surface area (Å²) in [6.07, 6.45) is -0.973. The van der Waals surface area contributed by atoms with Crippen LogP contribution in [0.1, 0.15) is 31.1 Å². The number of halogens is 1. The molecule has 0 unspecified atom stereocenters. The van der Waals surface area contributed by atoms with Crippen molar-refractivity contribution in [1.29, 1.82) is 0 Å². The number of hydrogen-bond donors (Lipinski definition) is 1. The van der Waals surface area contributed by atoms with Crippen molar-refractivity contribution >= 4 is 29.2 Å². The Bertz CT molecular complexity index is 776. The van der Waals surface area contributed by atoms with Crippen LogP contribution in [0.15, 0.2) is 48.5 Å². The highest BCUT2D eigenvalue weighted by Gasteiger charge is 2.20. The molecule has 0 aliphatic carbocycles. The Kier molecular flexibility index (Phi) is 7.04. The van der Waals surface area contributed by atoms with Gasteiger partial charge in [0.1, 0.15) is 5.75 Å². The quantitative estimate of drug-likeness (QED) is 0.720. The molecule has 26 heavy (non-hydrogen) atoms. The van der Waals surface area contributed by atoms with E-state index >= 15 is 0 Å². The van der Waals surface area contributed by atoms with Gasteiger partial charge in [0.25, 0.3) is 5.91 Å². The Hall–Kier alpha value is -2.53. The molecular weight excluding hydrogens is 354 g/mol. The third-order valence-electron chi connectivity index (χ3n) is 3.44.